The zero-order valence-corrected chi connectivity index (χ0v) is 17.9. The van der Waals surface area contributed by atoms with Crippen molar-refractivity contribution in [3.63, 3.8) is 0 Å². The molecular formula is C23H22ClF2N3O3. The molecule has 0 radical (unpaired) electrons. The molecule has 1 N–H and O–H groups in total. The topological polar surface area (TPSA) is 65.4 Å². The molecule has 0 spiro atoms. The summed E-state index contributed by atoms with van der Waals surface area (Å²) in [5.74, 6) is 1.30. The Kier molecular flexibility index (Phi) is 7.02. The minimum Gasteiger partial charge on any atom is -0.457 e. The lowest BCUT2D eigenvalue weighted by molar-refractivity contribution is 0.0595. The number of halogens is 3. The molecule has 1 unspecified atom stereocenters. The first-order valence-electron chi connectivity index (χ1n) is 10.3. The maximum Gasteiger partial charge on any atom is 0.292 e. The first-order valence-corrected chi connectivity index (χ1v) is 10.6. The third-order valence-corrected chi connectivity index (χ3v) is 5.57. The number of hydrogen-bond acceptors (Lipinski definition) is 5. The third kappa shape index (κ3) is 5.26. The lowest BCUT2D eigenvalue weighted by atomic mass is 10.0. The van der Waals surface area contributed by atoms with Gasteiger partial charge in [-0.3, -0.25) is 4.79 Å². The van der Waals surface area contributed by atoms with Crippen LogP contribution in [0.25, 0.3) is 5.69 Å². The standard InChI is InChI=1S/C23H22ClF2N3O3/c24-21-20(27-12-15-2-1-11-31-14-15)13-28-29(23(21)30)17-5-9-19(10-6-17)32-18-7-3-16(4-8-18)22(25)26/h3-10,13,15,22,27H,1-2,11-12,14H2. The summed E-state index contributed by atoms with van der Waals surface area (Å²) < 4.78 is 37.6. The predicted molar refractivity (Wildman–Crippen MR) is 118 cm³/mol. The van der Waals surface area contributed by atoms with Crippen LogP contribution in [-0.2, 0) is 4.74 Å². The molecule has 1 atom stereocenters. The van der Waals surface area contributed by atoms with Crippen molar-refractivity contribution in [3.05, 3.63) is 75.7 Å². The summed E-state index contributed by atoms with van der Waals surface area (Å²) in [6.07, 6.45) is 1.10. The molecule has 1 aliphatic heterocycles. The van der Waals surface area contributed by atoms with E-state index in [-0.39, 0.29) is 10.6 Å². The fourth-order valence-electron chi connectivity index (χ4n) is 3.44. The Labute approximate surface area is 188 Å². The summed E-state index contributed by atoms with van der Waals surface area (Å²) >= 11 is 6.29. The first-order chi connectivity index (χ1) is 15.5. The van der Waals surface area contributed by atoms with Crippen LogP contribution >= 0.6 is 11.6 Å². The fourth-order valence-corrected chi connectivity index (χ4v) is 3.63. The van der Waals surface area contributed by atoms with Crippen molar-refractivity contribution in [1.82, 2.24) is 9.78 Å². The molecule has 0 saturated carbocycles. The van der Waals surface area contributed by atoms with Crippen LogP contribution in [0, 0.1) is 5.92 Å². The summed E-state index contributed by atoms with van der Waals surface area (Å²) in [6, 6.07) is 12.2. The molecule has 168 valence electrons. The van der Waals surface area contributed by atoms with Crippen molar-refractivity contribution in [2.45, 2.75) is 19.3 Å². The van der Waals surface area contributed by atoms with Crippen LogP contribution in [0.4, 0.5) is 14.5 Å². The lowest BCUT2D eigenvalue weighted by Crippen LogP contribution is -2.26. The number of nitrogens with one attached hydrogen (secondary N) is 1. The highest BCUT2D eigenvalue weighted by Gasteiger charge is 2.16. The number of hydrogen-bond donors (Lipinski definition) is 1. The quantitative estimate of drug-likeness (QED) is 0.506. The number of ether oxygens (including phenoxy) is 2. The molecule has 9 heteroatoms. The van der Waals surface area contributed by atoms with Gasteiger partial charge >= 0.3 is 0 Å². The molecule has 2 aromatic carbocycles. The van der Waals surface area contributed by atoms with E-state index in [1.165, 1.54) is 35.1 Å². The van der Waals surface area contributed by atoms with E-state index >= 15 is 0 Å². The van der Waals surface area contributed by atoms with E-state index in [1.54, 1.807) is 24.3 Å². The van der Waals surface area contributed by atoms with Crippen molar-refractivity contribution >= 4 is 17.3 Å². The Hall–Kier alpha value is -2.97. The molecule has 0 aliphatic carbocycles. The third-order valence-electron chi connectivity index (χ3n) is 5.20. The van der Waals surface area contributed by atoms with Gasteiger partial charge in [-0.05, 0) is 67.3 Å². The van der Waals surface area contributed by atoms with Gasteiger partial charge in [-0.15, -0.1) is 0 Å². The van der Waals surface area contributed by atoms with Gasteiger partial charge in [0.05, 0.1) is 24.2 Å². The monoisotopic (exact) mass is 461 g/mol. The summed E-state index contributed by atoms with van der Waals surface area (Å²) in [4.78, 5) is 12.7. The molecule has 1 aromatic heterocycles. The van der Waals surface area contributed by atoms with Crippen LogP contribution in [0.5, 0.6) is 11.5 Å². The van der Waals surface area contributed by atoms with Gasteiger partial charge in [0.15, 0.2) is 0 Å². The molecule has 2 heterocycles. The fraction of sp³-hybridized carbons (Fsp3) is 0.304. The van der Waals surface area contributed by atoms with Crippen molar-refractivity contribution in [2.75, 3.05) is 25.1 Å². The highest BCUT2D eigenvalue weighted by Crippen LogP contribution is 2.26. The van der Waals surface area contributed by atoms with Crippen molar-refractivity contribution in [2.24, 2.45) is 5.92 Å². The van der Waals surface area contributed by atoms with E-state index in [0.717, 1.165) is 19.4 Å². The number of alkyl halides is 2. The van der Waals surface area contributed by atoms with E-state index < -0.39 is 12.0 Å². The Morgan fingerprint density at radius 2 is 1.84 bits per heavy atom. The SMILES string of the molecule is O=c1c(Cl)c(NCC2CCCOC2)cnn1-c1ccc(Oc2ccc(C(F)F)cc2)cc1. The number of aromatic nitrogens is 2. The zero-order chi connectivity index (χ0) is 22.5. The highest BCUT2D eigenvalue weighted by molar-refractivity contribution is 6.32. The average Bonchev–Trinajstić information content (AvgIpc) is 2.82. The molecule has 0 amide bonds. The summed E-state index contributed by atoms with van der Waals surface area (Å²) in [6.45, 7) is 2.15. The van der Waals surface area contributed by atoms with E-state index in [0.29, 0.717) is 41.9 Å². The molecule has 1 saturated heterocycles. The van der Waals surface area contributed by atoms with Gasteiger partial charge < -0.3 is 14.8 Å². The zero-order valence-electron chi connectivity index (χ0n) is 17.1. The Bertz CT molecular complexity index is 1100. The maximum atomic E-state index is 12.7. The number of benzene rings is 2. The smallest absolute Gasteiger partial charge is 0.292 e. The van der Waals surface area contributed by atoms with Crippen LogP contribution in [0.15, 0.2) is 59.5 Å². The van der Waals surface area contributed by atoms with Gasteiger partial charge in [0.25, 0.3) is 12.0 Å². The maximum absolute atomic E-state index is 12.7. The molecule has 32 heavy (non-hydrogen) atoms. The minimum atomic E-state index is -2.52. The molecule has 1 aliphatic rings. The lowest BCUT2D eigenvalue weighted by Gasteiger charge is -2.22. The van der Waals surface area contributed by atoms with Crippen molar-refractivity contribution < 1.29 is 18.3 Å². The molecule has 3 aromatic rings. The summed E-state index contributed by atoms with van der Waals surface area (Å²) in [5.41, 5.74) is 0.503. The molecule has 4 rings (SSSR count). The van der Waals surface area contributed by atoms with Gasteiger partial charge in [0, 0.05) is 18.7 Å². The second-order valence-corrected chi connectivity index (χ2v) is 7.90. The Balaban J connectivity index is 1.44. The van der Waals surface area contributed by atoms with Gasteiger partial charge in [0.1, 0.15) is 16.5 Å². The van der Waals surface area contributed by atoms with Crippen LogP contribution in [-0.4, -0.2) is 29.5 Å². The van der Waals surface area contributed by atoms with Crippen molar-refractivity contribution in [1.29, 1.82) is 0 Å². The van der Waals surface area contributed by atoms with Crippen LogP contribution in [0.1, 0.15) is 24.8 Å². The number of rotatable bonds is 7. The molecule has 0 bridgehead atoms. The molecule has 1 fully saturated rings. The first kappa shape index (κ1) is 22.2. The van der Waals surface area contributed by atoms with E-state index in [2.05, 4.69) is 10.4 Å². The second kappa shape index (κ2) is 10.1. The van der Waals surface area contributed by atoms with Crippen LogP contribution in [0.2, 0.25) is 5.02 Å². The number of anilines is 1. The molecule has 6 nitrogen and oxygen atoms in total. The minimum absolute atomic E-state index is 0.0659. The van der Waals surface area contributed by atoms with Crippen LogP contribution in [0.3, 0.4) is 0 Å². The second-order valence-electron chi connectivity index (χ2n) is 7.52. The van der Waals surface area contributed by atoms with Gasteiger partial charge in [-0.2, -0.15) is 9.78 Å². The largest absolute Gasteiger partial charge is 0.457 e. The highest BCUT2D eigenvalue weighted by atomic mass is 35.5. The van der Waals surface area contributed by atoms with E-state index in [1.807, 2.05) is 0 Å². The summed E-state index contributed by atoms with van der Waals surface area (Å²) in [7, 11) is 0. The normalized spacial score (nSPS) is 16.2. The molecular weight excluding hydrogens is 440 g/mol. The predicted octanol–water partition coefficient (Wildman–Crippen LogP) is 5.45. The summed E-state index contributed by atoms with van der Waals surface area (Å²) in [5, 5.41) is 7.49. The van der Waals surface area contributed by atoms with Gasteiger partial charge in [0.2, 0.25) is 0 Å². The van der Waals surface area contributed by atoms with Gasteiger partial charge in [-0.25, -0.2) is 8.78 Å². The Morgan fingerprint density at radius 3 is 2.47 bits per heavy atom. The van der Waals surface area contributed by atoms with Gasteiger partial charge in [-0.1, -0.05) is 11.6 Å². The number of nitrogens with zero attached hydrogens (tertiary/aromatic N) is 2. The van der Waals surface area contributed by atoms with Crippen LogP contribution < -0.4 is 15.6 Å². The Morgan fingerprint density at radius 1 is 1.16 bits per heavy atom. The average molecular weight is 462 g/mol. The van der Waals surface area contributed by atoms with E-state index in [9.17, 15) is 13.6 Å². The van der Waals surface area contributed by atoms with E-state index in [4.69, 9.17) is 21.1 Å². The van der Waals surface area contributed by atoms with Crippen molar-refractivity contribution in [3.8, 4) is 17.2 Å².